The maximum atomic E-state index is 11.3. The lowest BCUT2D eigenvalue weighted by Crippen LogP contribution is -2.35. The molecule has 1 aromatic heterocycles. The number of carbonyl (C=O) groups excluding carboxylic acids is 1. The highest BCUT2D eigenvalue weighted by molar-refractivity contribution is 5.94. The second-order valence-electron chi connectivity index (χ2n) is 7.56. The molecule has 2 heterocycles. The quantitative estimate of drug-likeness (QED) is 0.443. The van der Waals surface area contributed by atoms with Gasteiger partial charge in [-0.2, -0.15) is 5.10 Å². The summed E-state index contributed by atoms with van der Waals surface area (Å²) in [6.45, 7) is 8.23. The topological polar surface area (TPSA) is 38.1 Å². The van der Waals surface area contributed by atoms with Crippen molar-refractivity contribution >= 4 is 5.78 Å². The largest absolute Gasteiger partial charge is 0.303 e. The van der Waals surface area contributed by atoms with Crippen LogP contribution in [0.1, 0.15) is 54.1 Å². The van der Waals surface area contributed by atoms with Crippen molar-refractivity contribution in [2.75, 3.05) is 19.6 Å². The minimum absolute atomic E-state index is 0.0954. The monoisotopic (exact) mass is 363 g/mol. The van der Waals surface area contributed by atoms with Gasteiger partial charge < -0.3 is 4.90 Å². The van der Waals surface area contributed by atoms with Crippen molar-refractivity contribution in [3.8, 4) is 11.8 Å². The van der Waals surface area contributed by atoms with E-state index >= 15 is 0 Å². The van der Waals surface area contributed by atoms with E-state index in [9.17, 15) is 4.79 Å². The summed E-state index contributed by atoms with van der Waals surface area (Å²) in [5.41, 5.74) is 2.96. The van der Waals surface area contributed by atoms with E-state index in [1.165, 1.54) is 31.5 Å². The maximum absolute atomic E-state index is 11.3. The molecule has 0 unspecified atom stereocenters. The SMILES string of the molecule is CC(=O)c1ccc(C#CCCCN2CCC(Cn3cc(C)cn3)CC2)cc1. The van der Waals surface area contributed by atoms with Gasteiger partial charge in [-0.15, -0.1) is 0 Å². The molecule has 0 atom stereocenters. The lowest BCUT2D eigenvalue weighted by atomic mass is 9.96. The number of likely N-dealkylation sites (tertiary alicyclic amines) is 1. The summed E-state index contributed by atoms with van der Waals surface area (Å²) < 4.78 is 2.09. The zero-order valence-electron chi connectivity index (χ0n) is 16.4. The number of carbonyl (C=O) groups is 1. The third kappa shape index (κ3) is 6.08. The molecular weight excluding hydrogens is 334 g/mol. The third-order valence-corrected chi connectivity index (χ3v) is 5.22. The molecule has 0 amide bonds. The van der Waals surface area contributed by atoms with E-state index in [-0.39, 0.29) is 5.78 Å². The van der Waals surface area contributed by atoms with Crippen molar-refractivity contribution in [3.05, 3.63) is 53.3 Å². The zero-order chi connectivity index (χ0) is 19.1. The number of aromatic nitrogens is 2. The van der Waals surface area contributed by atoms with E-state index in [0.717, 1.165) is 43.0 Å². The molecule has 4 heteroatoms. The minimum Gasteiger partial charge on any atom is -0.303 e. The summed E-state index contributed by atoms with van der Waals surface area (Å²) in [6.07, 6.45) is 8.62. The van der Waals surface area contributed by atoms with Gasteiger partial charge in [-0.25, -0.2) is 0 Å². The molecule has 1 fully saturated rings. The molecule has 0 radical (unpaired) electrons. The van der Waals surface area contributed by atoms with Crippen LogP contribution in [0.25, 0.3) is 0 Å². The number of piperidine rings is 1. The Balaban J connectivity index is 1.33. The van der Waals surface area contributed by atoms with E-state index in [1.54, 1.807) is 6.92 Å². The Morgan fingerprint density at radius 2 is 1.96 bits per heavy atom. The predicted molar refractivity (Wildman–Crippen MR) is 109 cm³/mol. The number of rotatable bonds is 6. The summed E-state index contributed by atoms with van der Waals surface area (Å²) in [5.74, 6) is 7.30. The average Bonchev–Trinajstić information content (AvgIpc) is 3.08. The zero-order valence-corrected chi connectivity index (χ0v) is 16.4. The van der Waals surface area contributed by atoms with Crippen LogP contribution in [0.15, 0.2) is 36.7 Å². The number of unbranched alkanes of at least 4 members (excludes halogenated alkanes) is 1. The first kappa shape index (κ1) is 19.4. The first-order chi connectivity index (χ1) is 13.1. The van der Waals surface area contributed by atoms with Crippen LogP contribution in [-0.4, -0.2) is 40.1 Å². The fourth-order valence-corrected chi connectivity index (χ4v) is 3.57. The van der Waals surface area contributed by atoms with Gasteiger partial charge in [-0.3, -0.25) is 9.48 Å². The van der Waals surface area contributed by atoms with Crippen molar-refractivity contribution in [2.45, 2.75) is 46.1 Å². The van der Waals surface area contributed by atoms with Crippen LogP contribution in [0.3, 0.4) is 0 Å². The van der Waals surface area contributed by atoms with E-state index in [2.05, 4.69) is 39.6 Å². The molecule has 1 aromatic carbocycles. The molecule has 27 heavy (non-hydrogen) atoms. The Labute approximate surface area is 162 Å². The fourth-order valence-electron chi connectivity index (χ4n) is 3.57. The van der Waals surface area contributed by atoms with Gasteiger partial charge >= 0.3 is 0 Å². The van der Waals surface area contributed by atoms with Crippen molar-refractivity contribution < 1.29 is 4.79 Å². The molecule has 1 aliphatic rings. The molecular formula is C23H29N3O. The predicted octanol–water partition coefficient (Wildman–Crippen LogP) is 3.94. The number of hydrogen-bond donors (Lipinski definition) is 0. The van der Waals surface area contributed by atoms with Gasteiger partial charge in [-0.1, -0.05) is 24.0 Å². The van der Waals surface area contributed by atoms with E-state index < -0.39 is 0 Å². The number of benzene rings is 1. The Bertz CT molecular complexity index is 802. The highest BCUT2D eigenvalue weighted by Crippen LogP contribution is 2.19. The molecule has 0 spiro atoms. The first-order valence-corrected chi connectivity index (χ1v) is 9.91. The molecule has 0 aliphatic carbocycles. The van der Waals surface area contributed by atoms with E-state index in [1.807, 2.05) is 30.5 Å². The number of nitrogens with zero attached hydrogens (tertiary/aromatic N) is 3. The van der Waals surface area contributed by atoms with Gasteiger partial charge in [0, 0.05) is 30.3 Å². The molecule has 142 valence electrons. The molecule has 4 nitrogen and oxygen atoms in total. The second-order valence-corrected chi connectivity index (χ2v) is 7.56. The normalized spacial score (nSPS) is 15.3. The molecule has 0 N–H and O–H groups in total. The second kappa shape index (κ2) is 9.53. The Morgan fingerprint density at radius 1 is 1.22 bits per heavy atom. The summed E-state index contributed by atoms with van der Waals surface area (Å²) in [4.78, 5) is 13.8. The molecule has 3 rings (SSSR count). The smallest absolute Gasteiger partial charge is 0.159 e. The van der Waals surface area contributed by atoms with Gasteiger partial charge in [0.25, 0.3) is 0 Å². The highest BCUT2D eigenvalue weighted by Gasteiger charge is 2.19. The van der Waals surface area contributed by atoms with Crippen LogP contribution in [0.2, 0.25) is 0 Å². The summed E-state index contributed by atoms with van der Waals surface area (Å²) >= 11 is 0. The standard InChI is InChI=1S/C23H29N3O/c1-19-16-24-26(17-19)18-22-11-14-25(15-12-22)13-5-3-4-6-21-7-9-23(10-8-21)20(2)27/h7-10,16-17,22H,3,5,11-15,18H2,1-2H3. The van der Waals surface area contributed by atoms with Gasteiger partial charge in [0.1, 0.15) is 0 Å². The molecule has 2 aromatic rings. The van der Waals surface area contributed by atoms with Crippen LogP contribution in [0.5, 0.6) is 0 Å². The van der Waals surface area contributed by atoms with E-state index in [4.69, 9.17) is 0 Å². The summed E-state index contributed by atoms with van der Waals surface area (Å²) in [5, 5.41) is 4.41. The molecule has 0 saturated carbocycles. The molecule has 1 aliphatic heterocycles. The van der Waals surface area contributed by atoms with Crippen LogP contribution in [0.4, 0.5) is 0 Å². The number of Topliss-reactive ketones (excluding diaryl/α,β-unsaturated/α-hetero) is 1. The average molecular weight is 364 g/mol. The van der Waals surface area contributed by atoms with Crippen molar-refractivity contribution in [3.63, 3.8) is 0 Å². The maximum Gasteiger partial charge on any atom is 0.159 e. The van der Waals surface area contributed by atoms with Gasteiger partial charge in [0.15, 0.2) is 5.78 Å². The lowest BCUT2D eigenvalue weighted by Gasteiger charge is -2.31. The molecule has 1 saturated heterocycles. The lowest BCUT2D eigenvalue weighted by molar-refractivity contribution is 0.101. The van der Waals surface area contributed by atoms with Crippen LogP contribution >= 0.6 is 0 Å². The summed E-state index contributed by atoms with van der Waals surface area (Å²) in [6, 6.07) is 7.55. The van der Waals surface area contributed by atoms with Crippen LogP contribution in [0, 0.1) is 24.7 Å². The van der Waals surface area contributed by atoms with Gasteiger partial charge in [-0.05, 0) is 76.4 Å². The van der Waals surface area contributed by atoms with Crippen LogP contribution < -0.4 is 0 Å². The highest BCUT2D eigenvalue weighted by atomic mass is 16.1. The van der Waals surface area contributed by atoms with Gasteiger partial charge in [0.05, 0.1) is 6.20 Å². The Kier molecular flexibility index (Phi) is 6.84. The Hall–Kier alpha value is -2.38. The Morgan fingerprint density at radius 3 is 2.59 bits per heavy atom. The van der Waals surface area contributed by atoms with Gasteiger partial charge in [0.2, 0.25) is 0 Å². The number of hydrogen-bond acceptors (Lipinski definition) is 3. The van der Waals surface area contributed by atoms with Crippen molar-refractivity contribution in [1.82, 2.24) is 14.7 Å². The van der Waals surface area contributed by atoms with E-state index in [0.29, 0.717) is 0 Å². The first-order valence-electron chi connectivity index (χ1n) is 9.91. The third-order valence-electron chi connectivity index (χ3n) is 5.22. The van der Waals surface area contributed by atoms with Crippen molar-refractivity contribution in [1.29, 1.82) is 0 Å². The van der Waals surface area contributed by atoms with Crippen molar-refractivity contribution in [2.24, 2.45) is 5.92 Å². The number of aryl methyl sites for hydroxylation is 1. The fraction of sp³-hybridized carbons (Fsp3) is 0.478. The van der Waals surface area contributed by atoms with Crippen LogP contribution in [-0.2, 0) is 6.54 Å². The summed E-state index contributed by atoms with van der Waals surface area (Å²) in [7, 11) is 0. The molecule has 0 bridgehead atoms. The minimum atomic E-state index is 0.0954. The number of ketones is 1.